The Morgan fingerprint density at radius 2 is 1.50 bits per heavy atom. The Bertz CT molecular complexity index is 81.7. The number of ether oxygens (including phenoxy) is 2. The zero-order valence-electron chi connectivity index (χ0n) is 6.93. The van der Waals surface area contributed by atoms with E-state index in [0.29, 0.717) is 10.7 Å². The molecule has 0 amide bonds. The summed E-state index contributed by atoms with van der Waals surface area (Å²) >= 11 is 3.46. The van der Waals surface area contributed by atoms with Crippen LogP contribution in [0.2, 0.25) is 0 Å². The number of hydrogen-bond acceptors (Lipinski definition) is 2. The monoisotopic (exact) mass is 210 g/mol. The highest BCUT2D eigenvalue weighted by Gasteiger charge is 2.19. The number of alkyl halides is 1. The number of rotatable bonds is 4. The van der Waals surface area contributed by atoms with E-state index in [1.807, 2.05) is 0 Å². The third kappa shape index (κ3) is 2.99. The average molecular weight is 211 g/mol. The molecule has 0 aromatic heterocycles. The van der Waals surface area contributed by atoms with Gasteiger partial charge in [0.05, 0.1) is 0 Å². The topological polar surface area (TPSA) is 18.5 Å². The van der Waals surface area contributed by atoms with E-state index in [-0.39, 0.29) is 6.29 Å². The molecule has 0 fully saturated rings. The molecule has 3 heteroatoms. The summed E-state index contributed by atoms with van der Waals surface area (Å²) in [6.45, 7) is 4.16. The Balaban J connectivity index is 3.76. The van der Waals surface area contributed by atoms with Gasteiger partial charge in [0.1, 0.15) is 0 Å². The van der Waals surface area contributed by atoms with Crippen molar-refractivity contribution in [2.75, 3.05) is 14.2 Å². The van der Waals surface area contributed by atoms with Gasteiger partial charge in [0.15, 0.2) is 6.29 Å². The lowest BCUT2D eigenvalue weighted by Gasteiger charge is -2.22. The highest BCUT2D eigenvalue weighted by atomic mass is 79.9. The molecule has 0 bridgehead atoms. The fourth-order valence-electron chi connectivity index (χ4n) is 0.742. The first-order valence-corrected chi connectivity index (χ1v) is 4.24. The SMILES string of the molecule is COC(OC)[C@H](C)[C@H](C)Br. The summed E-state index contributed by atoms with van der Waals surface area (Å²) in [5, 5.41) is 0. The Kier molecular flexibility index (Phi) is 5.31. The van der Waals surface area contributed by atoms with E-state index < -0.39 is 0 Å². The minimum Gasteiger partial charge on any atom is -0.356 e. The average Bonchev–Trinajstić information content (AvgIpc) is 1.90. The zero-order chi connectivity index (χ0) is 8.15. The molecule has 0 saturated carbocycles. The number of hydrogen-bond donors (Lipinski definition) is 0. The van der Waals surface area contributed by atoms with E-state index in [4.69, 9.17) is 9.47 Å². The van der Waals surface area contributed by atoms with E-state index in [0.717, 1.165) is 0 Å². The van der Waals surface area contributed by atoms with Crippen LogP contribution in [0.4, 0.5) is 0 Å². The van der Waals surface area contributed by atoms with Gasteiger partial charge < -0.3 is 9.47 Å². The molecule has 0 rings (SSSR count). The quantitative estimate of drug-likeness (QED) is 0.523. The summed E-state index contributed by atoms with van der Waals surface area (Å²) in [5.41, 5.74) is 0. The fourth-order valence-corrected chi connectivity index (χ4v) is 0.991. The summed E-state index contributed by atoms with van der Waals surface area (Å²) < 4.78 is 10.1. The van der Waals surface area contributed by atoms with Crippen molar-refractivity contribution in [3.8, 4) is 0 Å². The Labute approximate surface area is 71.0 Å². The zero-order valence-corrected chi connectivity index (χ0v) is 8.51. The minimum absolute atomic E-state index is 0.102. The smallest absolute Gasteiger partial charge is 0.160 e. The maximum absolute atomic E-state index is 5.07. The summed E-state index contributed by atoms with van der Waals surface area (Å²) in [6, 6.07) is 0. The molecule has 0 aliphatic carbocycles. The van der Waals surface area contributed by atoms with Gasteiger partial charge in [-0.05, 0) is 0 Å². The van der Waals surface area contributed by atoms with Gasteiger partial charge >= 0.3 is 0 Å². The van der Waals surface area contributed by atoms with E-state index in [1.54, 1.807) is 14.2 Å². The minimum atomic E-state index is -0.102. The van der Waals surface area contributed by atoms with Crippen LogP contribution in [0.15, 0.2) is 0 Å². The van der Waals surface area contributed by atoms with E-state index in [1.165, 1.54) is 0 Å². The summed E-state index contributed by atoms with van der Waals surface area (Å²) in [5.74, 6) is 0.370. The maximum Gasteiger partial charge on any atom is 0.160 e. The predicted octanol–water partition coefficient (Wildman–Crippen LogP) is 2.02. The van der Waals surface area contributed by atoms with Crippen molar-refractivity contribution in [2.24, 2.45) is 5.92 Å². The number of methoxy groups -OCH3 is 2. The fraction of sp³-hybridized carbons (Fsp3) is 1.00. The summed E-state index contributed by atoms with van der Waals surface area (Å²) in [4.78, 5) is 0.414. The van der Waals surface area contributed by atoms with Crippen molar-refractivity contribution in [1.29, 1.82) is 0 Å². The van der Waals surface area contributed by atoms with Crippen LogP contribution in [0.5, 0.6) is 0 Å². The van der Waals surface area contributed by atoms with Crippen molar-refractivity contribution in [2.45, 2.75) is 25.0 Å². The molecule has 0 heterocycles. The van der Waals surface area contributed by atoms with Crippen molar-refractivity contribution in [1.82, 2.24) is 0 Å². The summed E-state index contributed by atoms with van der Waals surface area (Å²) in [7, 11) is 3.31. The van der Waals surface area contributed by atoms with Crippen LogP contribution in [-0.2, 0) is 9.47 Å². The van der Waals surface area contributed by atoms with Crippen LogP contribution in [0.3, 0.4) is 0 Å². The lowest BCUT2D eigenvalue weighted by Crippen LogP contribution is -2.27. The molecule has 10 heavy (non-hydrogen) atoms. The van der Waals surface area contributed by atoms with Crippen LogP contribution >= 0.6 is 15.9 Å². The lowest BCUT2D eigenvalue weighted by atomic mass is 10.1. The van der Waals surface area contributed by atoms with Crippen molar-refractivity contribution in [3.63, 3.8) is 0 Å². The van der Waals surface area contributed by atoms with Crippen molar-refractivity contribution in [3.05, 3.63) is 0 Å². The first-order valence-electron chi connectivity index (χ1n) is 3.33. The van der Waals surface area contributed by atoms with Gasteiger partial charge in [0.25, 0.3) is 0 Å². The molecule has 2 nitrogen and oxygen atoms in total. The van der Waals surface area contributed by atoms with Gasteiger partial charge in [-0.15, -0.1) is 0 Å². The molecule has 0 aromatic carbocycles. The van der Waals surface area contributed by atoms with Crippen LogP contribution in [-0.4, -0.2) is 25.3 Å². The second kappa shape index (κ2) is 5.10. The highest BCUT2D eigenvalue weighted by molar-refractivity contribution is 9.09. The molecule has 0 spiro atoms. The third-order valence-corrected chi connectivity index (χ3v) is 2.45. The van der Waals surface area contributed by atoms with E-state index in [2.05, 4.69) is 29.8 Å². The second-order valence-electron chi connectivity index (χ2n) is 2.38. The highest BCUT2D eigenvalue weighted by Crippen LogP contribution is 2.17. The summed E-state index contributed by atoms with van der Waals surface area (Å²) in [6.07, 6.45) is -0.102. The predicted molar refractivity (Wildman–Crippen MR) is 45.4 cm³/mol. The largest absolute Gasteiger partial charge is 0.356 e. The second-order valence-corrected chi connectivity index (χ2v) is 3.82. The Hall–Kier alpha value is 0.400. The normalized spacial score (nSPS) is 17.4. The van der Waals surface area contributed by atoms with Gasteiger partial charge in [-0.25, -0.2) is 0 Å². The molecule has 0 radical (unpaired) electrons. The van der Waals surface area contributed by atoms with Crippen LogP contribution < -0.4 is 0 Å². The first-order chi connectivity index (χ1) is 4.63. The Morgan fingerprint density at radius 1 is 1.10 bits per heavy atom. The number of halogens is 1. The molecule has 0 N–H and O–H groups in total. The molecule has 0 unspecified atom stereocenters. The third-order valence-electron chi connectivity index (χ3n) is 1.62. The van der Waals surface area contributed by atoms with Crippen molar-refractivity contribution >= 4 is 15.9 Å². The van der Waals surface area contributed by atoms with Crippen LogP contribution in [0, 0.1) is 5.92 Å². The van der Waals surface area contributed by atoms with Crippen molar-refractivity contribution < 1.29 is 9.47 Å². The van der Waals surface area contributed by atoms with E-state index in [9.17, 15) is 0 Å². The molecule has 62 valence electrons. The molecule has 0 aromatic rings. The molecular formula is C7H15BrO2. The molecular weight excluding hydrogens is 196 g/mol. The first kappa shape index (κ1) is 10.4. The standard InChI is InChI=1S/C7H15BrO2/c1-5(6(2)8)7(9-3)10-4/h5-7H,1-4H3/t5-,6+/m1/s1. The maximum atomic E-state index is 5.07. The van der Waals surface area contributed by atoms with Crippen LogP contribution in [0.25, 0.3) is 0 Å². The lowest BCUT2D eigenvalue weighted by molar-refractivity contribution is -0.131. The van der Waals surface area contributed by atoms with Gasteiger partial charge in [-0.3, -0.25) is 0 Å². The molecule has 0 saturated heterocycles. The van der Waals surface area contributed by atoms with E-state index >= 15 is 0 Å². The molecule has 0 aliphatic heterocycles. The molecule has 2 atom stereocenters. The van der Waals surface area contributed by atoms with Gasteiger partial charge in [0, 0.05) is 25.0 Å². The van der Waals surface area contributed by atoms with Crippen LogP contribution in [0.1, 0.15) is 13.8 Å². The van der Waals surface area contributed by atoms with Gasteiger partial charge in [-0.2, -0.15) is 0 Å². The Morgan fingerprint density at radius 3 is 1.60 bits per heavy atom. The van der Waals surface area contributed by atoms with Gasteiger partial charge in [0.2, 0.25) is 0 Å². The van der Waals surface area contributed by atoms with Gasteiger partial charge in [-0.1, -0.05) is 29.8 Å². The molecule has 0 aliphatic rings.